The van der Waals surface area contributed by atoms with E-state index >= 15 is 0 Å². The highest BCUT2D eigenvalue weighted by Crippen LogP contribution is 2.45. The number of unbranched alkanes of at least 4 members (excludes halogenated alkanes) is 22. The second kappa shape index (κ2) is 30.5. The SMILES string of the molecule is CCCCCCCCC=CCCCCCCCC(=O)P(=O)(O)C(=O)CCCCCCCC=CCCCCCCCC. The van der Waals surface area contributed by atoms with Crippen LogP contribution in [0.25, 0.3) is 0 Å². The average Bonchev–Trinajstić information content (AvgIpc) is 2.96. The normalized spacial score (nSPS) is 13.3. The van der Waals surface area contributed by atoms with Gasteiger partial charge in [0, 0.05) is 12.8 Å². The fourth-order valence-corrected chi connectivity index (χ4v) is 6.34. The highest BCUT2D eigenvalue weighted by atomic mass is 31.2. The van der Waals surface area contributed by atoms with Crippen LogP contribution in [-0.4, -0.2) is 15.9 Å². The Morgan fingerprint density at radius 1 is 0.439 bits per heavy atom. The molecule has 0 aromatic rings. The fourth-order valence-electron chi connectivity index (χ4n) is 5.14. The van der Waals surface area contributed by atoms with Gasteiger partial charge in [-0.15, -0.1) is 0 Å². The summed E-state index contributed by atoms with van der Waals surface area (Å²) in [5.74, 6) is 0. The maximum atomic E-state index is 12.4. The monoisotopic (exact) mass is 594 g/mol. The third-order valence-corrected chi connectivity index (χ3v) is 9.78. The molecule has 0 heterocycles. The van der Waals surface area contributed by atoms with E-state index < -0.39 is 18.4 Å². The summed E-state index contributed by atoms with van der Waals surface area (Å²) in [5.41, 5.74) is -1.49. The van der Waals surface area contributed by atoms with Crippen LogP contribution in [0.4, 0.5) is 0 Å². The molecule has 0 unspecified atom stereocenters. The Balaban J connectivity index is 3.66. The lowest BCUT2D eigenvalue weighted by Crippen LogP contribution is -2.09. The van der Waals surface area contributed by atoms with Gasteiger partial charge < -0.3 is 4.89 Å². The zero-order valence-electron chi connectivity index (χ0n) is 27.2. The van der Waals surface area contributed by atoms with E-state index in [1.807, 2.05) is 0 Å². The molecule has 0 fully saturated rings. The molecule has 0 saturated heterocycles. The van der Waals surface area contributed by atoms with Gasteiger partial charge in [0.15, 0.2) is 0 Å². The Hall–Kier alpha value is -0.990. The van der Waals surface area contributed by atoms with Crippen molar-refractivity contribution in [2.24, 2.45) is 0 Å². The van der Waals surface area contributed by atoms with Gasteiger partial charge in [-0.1, -0.05) is 141 Å². The van der Waals surface area contributed by atoms with E-state index in [9.17, 15) is 19.0 Å². The fraction of sp³-hybridized carbons (Fsp3) is 0.833. The molecule has 0 atom stereocenters. The van der Waals surface area contributed by atoms with Gasteiger partial charge in [0.05, 0.1) is 0 Å². The predicted molar refractivity (Wildman–Crippen MR) is 179 cm³/mol. The molecule has 0 saturated carbocycles. The number of allylic oxidation sites excluding steroid dienone is 4. The number of carbonyl (C=O) groups is 2. The highest BCUT2D eigenvalue weighted by molar-refractivity contribution is 7.89. The van der Waals surface area contributed by atoms with Gasteiger partial charge in [0.25, 0.3) is 0 Å². The molecular weight excluding hydrogens is 527 g/mol. The molecule has 0 aliphatic rings. The lowest BCUT2D eigenvalue weighted by molar-refractivity contribution is -0.116. The average molecular weight is 595 g/mol. The number of hydrogen-bond donors (Lipinski definition) is 1. The number of carbonyl (C=O) groups excluding carboxylic acids is 2. The predicted octanol–water partition coefficient (Wildman–Crippen LogP) is 12.4. The lowest BCUT2D eigenvalue weighted by atomic mass is 10.1. The smallest absolute Gasteiger partial charge is 0.328 e. The molecule has 0 aromatic carbocycles. The first-order chi connectivity index (χ1) is 20.0. The highest BCUT2D eigenvalue weighted by Gasteiger charge is 2.35. The molecule has 4 nitrogen and oxygen atoms in total. The summed E-state index contributed by atoms with van der Waals surface area (Å²) in [6.07, 6.45) is 39.4. The Kier molecular flexibility index (Phi) is 29.7. The van der Waals surface area contributed by atoms with Crippen LogP contribution in [0.1, 0.15) is 194 Å². The van der Waals surface area contributed by atoms with Gasteiger partial charge in [-0.25, -0.2) is 0 Å². The summed E-state index contributed by atoms with van der Waals surface area (Å²) < 4.78 is 12.4. The quantitative estimate of drug-likeness (QED) is 0.0478. The first kappa shape index (κ1) is 40.0. The molecule has 5 heteroatoms. The first-order valence-electron chi connectivity index (χ1n) is 17.7. The van der Waals surface area contributed by atoms with Crippen molar-refractivity contribution in [3.63, 3.8) is 0 Å². The largest absolute Gasteiger partial charge is 0.334 e. The third-order valence-electron chi connectivity index (χ3n) is 7.98. The minimum absolute atomic E-state index is 0.0457. The molecule has 0 radical (unpaired) electrons. The molecule has 0 bridgehead atoms. The van der Waals surface area contributed by atoms with Gasteiger partial charge in [0.2, 0.25) is 11.0 Å². The van der Waals surface area contributed by atoms with Crippen molar-refractivity contribution in [1.82, 2.24) is 0 Å². The van der Waals surface area contributed by atoms with Crippen LogP contribution in [0, 0.1) is 0 Å². The minimum Gasteiger partial charge on any atom is -0.334 e. The van der Waals surface area contributed by atoms with Crippen LogP contribution in [0.3, 0.4) is 0 Å². The van der Waals surface area contributed by atoms with Crippen molar-refractivity contribution in [3.05, 3.63) is 24.3 Å². The van der Waals surface area contributed by atoms with Crippen molar-refractivity contribution in [2.75, 3.05) is 0 Å². The Bertz CT molecular complexity index is 656. The van der Waals surface area contributed by atoms with Crippen molar-refractivity contribution < 1.29 is 19.0 Å². The van der Waals surface area contributed by atoms with E-state index in [2.05, 4.69) is 38.2 Å². The summed E-state index contributed by atoms with van der Waals surface area (Å²) in [4.78, 5) is 34.6. The van der Waals surface area contributed by atoms with E-state index in [1.54, 1.807) is 0 Å². The maximum absolute atomic E-state index is 12.4. The number of rotatable bonds is 32. The second-order valence-corrected chi connectivity index (χ2v) is 14.2. The lowest BCUT2D eigenvalue weighted by Gasteiger charge is -2.09. The van der Waals surface area contributed by atoms with Crippen LogP contribution in [-0.2, 0) is 14.2 Å². The summed E-state index contributed by atoms with van der Waals surface area (Å²) >= 11 is 0. The van der Waals surface area contributed by atoms with Crippen molar-refractivity contribution >= 4 is 18.4 Å². The van der Waals surface area contributed by atoms with Crippen molar-refractivity contribution in [3.8, 4) is 0 Å². The van der Waals surface area contributed by atoms with Gasteiger partial charge >= 0.3 is 7.37 Å². The minimum atomic E-state index is -4.35. The zero-order valence-corrected chi connectivity index (χ0v) is 28.1. The van der Waals surface area contributed by atoms with Crippen LogP contribution in [0.15, 0.2) is 24.3 Å². The molecule has 240 valence electrons. The maximum Gasteiger partial charge on any atom is 0.328 e. The van der Waals surface area contributed by atoms with Crippen LogP contribution < -0.4 is 0 Å². The first-order valence-corrected chi connectivity index (χ1v) is 19.3. The van der Waals surface area contributed by atoms with E-state index in [0.717, 1.165) is 64.2 Å². The van der Waals surface area contributed by atoms with Crippen LogP contribution >= 0.6 is 7.37 Å². The van der Waals surface area contributed by atoms with Crippen molar-refractivity contribution in [1.29, 1.82) is 0 Å². The molecule has 0 rings (SSSR count). The van der Waals surface area contributed by atoms with Gasteiger partial charge in [-0.3, -0.25) is 14.2 Å². The standard InChI is InChI=1S/C36H67O4P/c1-3-5-7-9-11-13-15-17-19-21-23-25-27-29-31-33-35(37)41(39,40)36(38)34-32-30-28-26-24-22-20-18-16-14-12-10-8-6-4-2/h17-20H,3-16,21-34H2,1-2H3,(H,39,40). The molecule has 0 amide bonds. The summed E-state index contributed by atoms with van der Waals surface area (Å²) in [6, 6.07) is 0. The molecule has 41 heavy (non-hydrogen) atoms. The topological polar surface area (TPSA) is 71.4 Å². The zero-order chi connectivity index (χ0) is 30.3. The Labute approximate surface area is 255 Å². The van der Waals surface area contributed by atoms with E-state index in [4.69, 9.17) is 0 Å². The molecule has 0 aliphatic carbocycles. The van der Waals surface area contributed by atoms with E-state index in [0.29, 0.717) is 12.8 Å². The van der Waals surface area contributed by atoms with Crippen molar-refractivity contribution in [2.45, 2.75) is 194 Å². The van der Waals surface area contributed by atoms with Gasteiger partial charge in [0.1, 0.15) is 0 Å². The summed E-state index contributed by atoms with van der Waals surface area (Å²) in [7, 11) is -4.35. The van der Waals surface area contributed by atoms with Gasteiger partial charge in [-0.2, -0.15) is 0 Å². The molecule has 0 spiro atoms. The Morgan fingerprint density at radius 2 is 0.683 bits per heavy atom. The summed E-state index contributed by atoms with van der Waals surface area (Å²) in [6.45, 7) is 4.50. The van der Waals surface area contributed by atoms with E-state index in [1.165, 1.54) is 89.9 Å². The molecule has 1 N–H and O–H groups in total. The van der Waals surface area contributed by atoms with E-state index in [-0.39, 0.29) is 12.8 Å². The van der Waals surface area contributed by atoms with Crippen LogP contribution in [0.5, 0.6) is 0 Å². The third kappa shape index (κ3) is 26.4. The van der Waals surface area contributed by atoms with Gasteiger partial charge in [-0.05, 0) is 64.2 Å². The van der Waals surface area contributed by atoms with Crippen LogP contribution in [0.2, 0.25) is 0 Å². The second-order valence-electron chi connectivity index (χ2n) is 12.0. The Morgan fingerprint density at radius 3 is 0.976 bits per heavy atom. The molecule has 0 aliphatic heterocycles. The molecule has 0 aromatic heterocycles. The number of hydrogen-bond acceptors (Lipinski definition) is 3. The summed E-state index contributed by atoms with van der Waals surface area (Å²) in [5, 5.41) is 0. The molecular formula is C36H67O4P.